The average molecular weight is 587 g/mol. The van der Waals surface area contributed by atoms with Gasteiger partial charge in [-0.3, -0.25) is 9.59 Å². The summed E-state index contributed by atoms with van der Waals surface area (Å²) in [7, 11) is 0. The van der Waals surface area contributed by atoms with Gasteiger partial charge >= 0.3 is 17.9 Å². The van der Waals surface area contributed by atoms with Gasteiger partial charge < -0.3 is 14.6 Å². The van der Waals surface area contributed by atoms with Crippen LogP contribution in [0.3, 0.4) is 0 Å². The summed E-state index contributed by atoms with van der Waals surface area (Å²) in [4.78, 5) is 37.6. The summed E-state index contributed by atoms with van der Waals surface area (Å²) in [5.74, 6) is 1.39. The Kier molecular flexibility index (Phi) is 8.17. The first kappa shape index (κ1) is 31.8. The Bertz CT molecular complexity index is 1080. The minimum Gasteiger partial charge on any atom is -0.479 e. The fraction of sp³-hybridized carbons (Fsp3) is 0.917. The number of carboxylic acid groups (broad SMARTS) is 1. The molecule has 42 heavy (non-hydrogen) atoms. The SMILES string of the molecule is CCCC(=O)O[C@@H]1CC[C@@]2(C)C(CC[C@]3(C)C2CCC2C4[C@H](C(C)C)CC[C@]4(C(=O)OCC(=O)O)CC[C@]23C)C1(C)C. The molecule has 0 aromatic rings. The van der Waals surface area contributed by atoms with E-state index in [1.165, 1.54) is 12.8 Å². The van der Waals surface area contributed by atoms with E-state index in [0.29, 0.717) is 36.0 Å². The molecule has 5 saturated carbocycles. The molecule has 6 nitrogen and oxygen atoms in total. The van der Waals surface area contributed by atoms with Crippen molar-refractivity contribution in [2.24, 2.45) is 62.6 Å². The van der Waals surface area contributed by atoms with E-state index in [-0.39, 0.29) is 45.6 Å². The number of aliphatic carboxylic acids is 1. The summed E-state index contributed by atoms with van der Waals surface area (Å²) in [6, 6.07) is 0. The number of ether oxygens (including phenoxy) is 2. The zero-order chi connectivity index (χ0) is 30.9. The van der Waals surface area contributed by atoms with E-state index in [1.54, 1.807) is 0 Å². The fourth-order valence-electron chi connectivity index (χ4n) is 12.6. The highest BCUT2D eigenvalue weighted by molar-refractivity contribution is 5.81. The van der Waals surface area contributed by atoms with Gasteiger partial charge in [-0.05, 0) is 122 Å². The molecule has 0 bridgehead atoms. The number of carbonyl (C=O) groups excluding carboxylic acids is 2. The van der Waals surface area contributed by atoms with Gasteiger partial charge in [0.05, 0.1) is 5.41 Å². The number of hydrogen-bond donors (Lipinski definition) is 1. The highest BCUT2D eigenvalue weighted by atomic mass is 16.6. The van der Waals surface area contributed by atoms with E-state index in [9.17, 15) is 19.5 Å². The van der Waals surface area contributed by atoms with Gasteiger partial charge in [0.2, 0.25) is 0 Å². The first-order valence-corrected chi connectivity index (χ1v) is 17.2. The van der Waals surface area contributed by atoms with Crippen molar-refractivity contribution in [2.75, 3.05) is 6.61 Å². The molecule has 5 aliphatic carbocycles. The van der Waals surface area contributed by atoms with Crippen LogP contribution in [0.4, 0.5) is 0 Å². The Morgan fingerprint density at radius 1 is 0.833 bits per heavy atom. The Hall–Kier alpha value is -1.59. The van der Waals surface area contributed by atoms with Crippen molar-refractivity contribution in [3.63, 3.8) is 0 Å². The zero-order valence-corrected chi connectivity index (χ0v) is 27.7. The smallest absolute Gasteiger partial charge is 0.341 e. The molecule has 5 aliphatic rings. The zero-order valence-electron chi connectivity index (χ0n) is 27.7. The molecule has 0 spiro atoms. The first-order chi connectivity index (χ1) is 19.6. The highest BCUT2D eigenvalue weighted by Gasteiger charge is 2.72. The van der Waals surface area contributed by atoms with Gasteiger partial charge in [0.1, 0.15) is 6.10 Å². The van der Waals surface area contributed by atoms with Gasteiger partial charge in [0.15, 0.2) is 6.61 Å². The second-order valence-corrected chi connectivity index (χ2v) is 16.9. The maximum Gasteiger partial charge on any atom is 0.341 e. The van der Waals surface area contributed by atoms with Crippen LogP contribution in [0.2, 0.25) is 0 Å². The molecule has 5 rings (SSSR count). The molecule has 0 radical (unpaired) electrons. The second-order valence-electron chi connectivity index (χ2n) is 16.9. The van der Waals surface area contributed by atoms with Crippen molar-refractivity contribution in [1.82, 2.24) is 0 Å². The predicted octanol–water partition coefficient (Wildman–Crippen LogP) is 8.06. The summed E-state index contributed by atoms with van der Waals surface area (Å²) in [6.07, 6.45) is 11.7. The van der Waals surface area contributed by atoms with E-state index in [0.717, 1.165) is 57.8 Å². The fourth-order valence-corrected chi connectivity index (χ4v) is 12.6. The number of esters is 2. The standard InChI is InChI=1S/C36H58O6/c1-9-10-29(39)42-27-15-16-33(6)25(32(27,4)5)14-17-35(8)26(33)12-11-24-30-23(22(2)3)13-18-36(30,20-19-34(24,35)7)31(40)41-21-28(37)38/h22-27,30H,9-21H2,1-8H3,(H,37,38)/t23-,24?,25?,26?,27+,30?,33-,34+,35+,36-/m0/s1. The Balaban J connectivity index is 1.46. The second kappa shape index (κ2) is 10.8. The van der Waals surface area contributed by atoms with E-state index in [4.69, 9.17) is 9.47 Å². The molecular formula is C36H58O6. The maximum absolute atomic E-state index is 13.8. The van der Waals surface area contributed by atoms with E-state index in [1.807, 2.05) is 6.92 Å². The van der Waals surface area contributed by atoms with E-state index in [2.05, 4.69) is 48.5 Å². The van der Waals surface area contributed by atoms with Crippen LogP contribution < -0.4 is 0 Å². The van der Waals surface area contributed by atoms with Crippen LogP contribution in [-0.4, -0.2) is 35.7 Å². The first-order valence-electron chi connectivity index (χ1n) is 17.2. The van der Waals surface area contributed by atoms with Gasteiger partial charge in [-0.2, -0.15) is 0 Å². The number of fused-ring (bicyclic) bond motifs is 7. The van der Waals surface area contributed by atoms with Crippen molar-refractivity contribution in [3.8, 4) is 0 Å². The van der Waals surface area contributed by atoms with Crippen LogP contribution in [-0.2, 0) is 23.9 Å². The van der Waals surface area contributed by atoms with Crippen molar-refractivity contribution in [1.29, 1.82) is 0 Å². The van der Waals surface area contributed by atoms with Crippen LogP contribution in [0.5, 0.6) is 0 Å². The Morgan fingerprint density at radius 3 is 2.19 bits per heavy atom. The lowest BCUT2D eigenvalue weighted by atomic mass is 9.32. The third kappa shape index (κ3) is 4.49. The number of rotatable bonds is 7. The minimum absolute atomic E-state index is 0.0108. The lowest BCUT2D eigenvalue weighted by molar-refractivity contribution is -0.252. The maximum atomic E-state index is 13.8. The summed E-state index contributed by atoms with van der Waals surface area (Å²) in [5, 5.41) is 9.27. The van der Waals surface area contributed by atoms with Gasteiger partial charge in [0.25, 0.3) is 0 Å². The molecule has 4 unspecified atom stereocenters. The van der Waals surface area contributed by atoms with Crippen LogP contribution in [0.1, 0.15) is 132 Å². The predicted molar refractivity (Wildman–Crippen MR) is 162 cm³/mol. The molecule has 0 aromatic heterocycles. The molecule has 0 aromatic carbocycles. The Labute approximate surface area is 254 Å². The number of carbonyl (C=O) groups is 3. The van der Waals surface area contributed by atoms with Crippen molar-refractivity contribution < 1.29 is 29.0 Å². The summed E-state index contributed by atoms with van der Waals surface area (Å²) in [6.45, 7) is 18.6. The number of hydrogen-bond acceptors (Lipinski definition) is 5. The molecule has 6 heteroatoms. The lowest BCUT2D eigenvalue weighted by Crippen LogP contribution is -2.67. The van der Waals surface area contributed by atoms with E-state index < -0.39 is 18.0 Å². The third-order valence-corrected chi connectivity index (χ3v) is 14.7. The summed E-state index contributed by atoms with van der Waals surface area (Å²) in [5.41, 5.74) is -0.109. The van der Waals surface area contributed by atoms with Crippen molar-refractivity contribution in [3.05, 3.63) is 0 Å². The third-order valence-electron chi connectivity index (χ3n) is 14.7. The monoisotopic (exact) mass is 586 g/mol. The molecular weight excluding hydrogens is 528 g/mol. The van der Waals surface area contributed by atoms with Crippen LogP contribution in [0.15, 0.2) is 0 Å². The largest absolute Gasteiger partial charge is 0.479 e. The van der Waals surface area contributed by atoms with Crippen molar-refractivity contribution >= 4 is 17.9 Å². The quantitative estimate of drug-likeness (QED) is 0.304. The van der Waals surface area contributed by atoms with Crippen LogP contribution >= 0.6 is 0 Å². The Morgan fingerprint density at radius 2 is 1.55 bits per heavy atom. The van der Waals surface area contributed by atoms with Gasteiger partial charge in [0, 0.05) is 11.8 Å². The van der Waals surface area contributed by atoms with Gasteiger partial charge in [-0.25, -0.2) is 4.79 Å². The summed E-state index contributed by atoms with van der Waals surface area (Å²) >= 11 is 0. The molecule has 5 fully saturated rings. The molecule has 0 aliphatic heterocycles. The molecule has 0 amide bonds. The topological polar surface area (TPSA) is 89.9 Å². The summed E-state index contributed by atoms with van der Waals surface area (Å²) < 4.78 is 11.6. The molecule has 0 saturated heterocycles. The van der Waals surface area contributed by atoms with Crippen molar-refractivity contribution in [2.45, 2.75) is 139 Å². The minimum atomic E-state index is -1.08. The molecule has 10 atom stereocenters. The van der Waals surface area contributed by atoms with Gasteiger partial charge in [-0.1, -0.05) is 55.4 Å². The normalized spacial score (nSPS) is 45.6. The molecule has 0 heterocycles. The molecule has 1 N–H and O–H groups in total. The number of carboxylic acids is 1. The van der Waals surface area contributed by atoms with Gasteiger partial charge in [-0.15, -0.1) is 0 Å². The van der Waals surface area contributed by atoms with E-state index >= 15 is 0 Å². The highest BCUT2D eigenvalue weighted by Crippen LogP contribution is 2.77. The van der Waals surface area contributed by atoms with Crippen LogP contribution in [0.25, 0.3) is 0 Å². The lowest BCUT2D eigenvalue weighted by Gasteiger charge is -2.72. The van der Waals surface area contributed by atoms with Crippen LogP contribution in [0, 0.1) is 62.6 Å². The molecule has 238 valence electrons. The average Bonchev–Trinajstić information content (AvgIpc) is 3.31.